The van der Waals surface area contributed by atoms with Gasteiger partial charge >= 0.3 is 0 Å². The lowest BCUT2D eigenvalue weighted by Gasteiger charge is -2.32. The molecule has 2 aliphatic carbocycles. The van der Waals surface area contributed by atoms with Crippen molar-refractivity contribution in [2.75, 3.05) is 19.8 Å². The molecule has 0 spiro atoms. The third-order valence-corrected chi connectivity index (χ3v) is 8.51. The zero-order valence-corrected chi connectivity index (χ0v) is 21.1. The van der Waals surface area contributed by atoms with Crippen molar-refractivity contribution >= 4 is 0 Å². The van der Waals surface area contributed by atoms with Crippen molar-refractivity contribution in [1.29, 1.82) is 0 Å². The van der Waals surface area contributed by atoms with Crippen LogP contribution in [-0.4, -0.2) is 30.1 Å². The topological polar surface area (TPSA) is 70.5 Å². The number of nitrogens with zero attached hydrogens (tertiary/aromatic N) is 2. The van der Waals surface area contributed by atoms with Crippen LogP contribution in [-0.2, 0) is 9.47 Å². The van der Waals surface area contributed by atoms with Crippen molar-refractivity contribution in [3.8, 4) is 0 Å². The molecule has 3 unspecified atom stereocenters. The van der Waals surface area contributed by atoms with Crippen LogP contribution < -0.4 is 0 Å². The summed E-state index contributed by atoms with van der Waals surface area (Å²) in [5, 5.41) is 9.18. The average Bonchev–Trinajstić information content (AvgIpc) is 3.78. The Morgan fingerprint density at radius 2 is 1.38 bits per heavy atom. The smallest absolute Gasteiger partial charge is 0.145 e. The third-order valence-electron chi connectivity index (χ3n) is 8.51. The van der Waals surface area contributed by atoms with Gasteiger partial charge in [-0.25, -0.2) is 0 Å². The summed E-state index contributed by atoms with van der Waals surface area (Å²) in [7, 11) is 0. The van der Waals surface area contributed by atoms with Gasteiger partial charge in [0, 0.05) is 48.7 Å². The zero-order chi connectivity index (χ0) is 23.2. The first-order valence-corrected chi connectivity index (χ1v) is 13.8. The van der Waals surface area contributed by atoms with Crippen molar-refractivity contribution < 1.29 is 18.5 Å². The van der Waals surface area contributed by atoms with Gasteiger partial charge in [0.15, 0.2) is 0 Å². The molecular formula is C28H40N2O4. The molecule has 0 bridgehead atoms. The molecular weight excluding hydrogens is 428 g/mol. The van der Waals surface area contributed by atoms with Crippen LogP contribution >= 0.6 is 0 Å². The van der Waals surface area contributed by atoms with E-state index in [4.69, 9.17) is 23.7 Å². The Kier molecular flexibility index (Phi) is 6.31. The molecule has 0 N–H and O–H groups in total. The highest BCUT2D eigenvalue weighted by molar-refractivity contribution is 5.35. The second-order valence-electron chi connectivity index (χ2n) is 11.7. The summed E-state index contributed by atoms with van der Waals surface area (Å²) in [5.74, 6) is 5.36. The fourth-order valence-corrected chi connectivity index (χ4v) is 6.31. The van der Waals surface area contributed by atoms with E-state index in [1.165, 1.54) is 48.3 Å². The Hall–Kier alpha value is -1.66. The summed E-state index contributed by atoms with van der Waals surface area (Å²) in [6, 6.07) is 0. The van der Waals surface area contributed by atoms with Crippen LogP contribution in [0.3, 0.4) is 0 Å². The zero-order valence-electron chi connectivity index (χ0n) is 21.1. The Bertz CT molecular complexity index is 961. The Morgan fingerprint density at radius 1 is 0.735 bits per heavy atom. The van der Waals surface area contributed by atoms with Gasteiger partial charge in [-0.1, -0.05) is 31.1 Å². The minimum absolute atomic E-state index is 0.111. The Balaban J connectivity index is 1.20. The van der Waals surface area contributed by atoms with E-state index in [-0.39, 0.29) is 6.10 Å². The molecule has 2 aromatic heterocycles. The lowest BCUT2D eigenvalue weighted by atomic mass is 9.80. The maximum atomic E-state index is 6.36. The minimum Gasteiger partial charge on any atom is -0.381 e. The number of rotatable bonds is 8. The second-order valence-corrected chi connectivity index (χ2v) is 11.7. The third kappa shape index (κ3) is 4.48. The molecule has 6 nitrogen and oxygen atoms in total. The first-order chi connectivity index (χ1) is 16.6. The van der Waals surface area contributed by atoms with Crippen molar-refractivity contribution in [3.05, 3.63) is 34.0 Å². The van der Waals surface area contributed by atoms with Gasteiger partial charge in [0.1, 0.15) is 11.5 Å². The SMILES string of the molecule is CC(C)c1noc(C2CC2)c1C1CC(CC(C)c2noc(C3CC3)c2C2CCOCC2)CCO1. The molecule has 0 amide bonds. The lowest BCUT2D eigenvalue weighted by molar-refractivity contribution is -0.0147. The predicted octanol–water partition coefficient (Wildman–Crippen LogP) is 7.10. The van der Waals surface area contributed by atoms with Gasteiger partial charge in [-0.05, 0) is 75.5 Å². The van der Waals surface area contributed by atoms with Gasteiger partial charge in [-0.15, -0.1) is 0 Å². The number of hydrogen-bond acceptors (Lipinski definition) is 6. The van der Waals surface area contributed by atoms with E-state index in [9.17, 15) is 0 Å². The van der Waals surface area contributed by atoms with Crippen LogP contribution in [0.15, 0.2) is 9.05 Å². The molecule has 4 fully saturated rings. The van der Waals surface area contributed by atoms with Gasteiger partial charge in [0.2, 0.25) is 0 Å². The lowest BCUT2D eigenvalue weighted by Crippen LogP contribution is -2.23. The molecule has 2 aromatic rings. The van der Waals surface area contributed by atoms with E-state index >= 15 is 0 Å². The fraction of sp³-hybridized carbons (Fsp3) is 0.786. The maximum Gasteiger partial charge on any atom is 0.145 e. The van der Waals surface area contributed by atoms with E-state index in [1.54, 1.807) is 0 Å². The molecule has 34 heavy (non-hydrogen) atoms. The van der Waals surface area contributed by atoms with Crippen molar-refractivity contribution in [3.63, 3.8) is 0 Å². The first kappa shape index (κ1) is 22.8. The highest BCUT2D eigenvalue weighted by Gasteiger charge is 2.40. The predicted molar refractivity (Wildman–Crippen MR) is 128 cm³/mol. The number of aromatic nitrogens is 2. The van der Waals surface area contributed by atoms with Crippen LogP contribution in [0.2, 0.25) is 0 Å². The normalized spacial score (nSPS) is 27.4. The molecule has 6 heteroatoms. The highest BCUT2D eigenvalue weighted by Crippen LogP contribution is 2.50. The summed E-state index contributed by atoms with van der Waals surface area (Å²) in [6.07, 6.45) is 10.5. The van der Waals surface area contributed by atoms with Crippen molar-refractivity contribution in [1.82, 2.24) is 10.3 Å². The fourth-order valence-electron chi connectivity index (χ4n) is 6.31. The van der Waals surface area contributed by atoms with E-state index < -0.39 is 0 Å². The molecule has 6 rings (SSSR count). The van der Waals surface area contributed by atoms with Crippen LogP contribution in [0.5, 0.6) is 0 Å². The summed E-state index contributed by atoms with van der Waals surface area (Å²) < 4.78 is 23.9. The Morgan fingerprint density at radius 3 is 2.03 bits per heavy atom. The van der Waals surface area contributed by atoms with E-state index in [1.807, 2.05) is 0 Å². The van der Waals surface area contributed by atoms with Gasteiger partial charge in [-0.2, -0.15) is 0 Å². The number of ether oxygens (including phenoxy) is 2. The first-order valence-electron chi connectivity index (χ1n) is 13.8. The average molecular weight is 469 g/mol. The quantitative estimate of drug-likeness (QED) is 0.412. The highest BCUT2D eigenvalue weighted by atomic mass is 16.5. The van der Waals surface area contributed by atoms with Crippen LogP contribution in [0.1, 0.15) is 148 Å². The summed E-state index contributed by atoms with van der Waals surface area (Å²) >= 11 is 0. The molecule has 186 valence electrons. The standard InChI is InChI=1S/C28H40N2O4/c1-16(2)25-24(28(34-29-25)21-6-7-21)22-15-18(8-13-32-22)14-17(3)26-23(19-9-11-31-12-10-19)27(33-30-26)20-4-5-20/h16-22H,4-15H2,1-3H3. The minimum atomic E-state index is 0.111. The molecule has 0 radical (unpaired) electrons. The molecule has 0 aromatic carbocycles. The Labute approximate surface area is 203 Å². The molecule has 2 saturated carbocycles. The summed E-state index contributed by atoms with van der Waals surface area (Å²) in [5.41, 5.74) is 5.05. The van der Waals surface area contributed by atoms with Gasteiger partial charge in [-0.3, -0.25) is 0 Å². The molecule has 4 aliphatic rings. The molecule has 2 saturated heterocycles. The summed E-state index contributed by atoms with van der Waals surface area (Å²) in [4.78, 5) is 0. The van der Waals surface area contributed by atoms with E-state index in [2.05, 4.69) is 25.9 Å². The van der Waals surface area contributed by atoms with Crippen molar-refractivity contribution in [2.24, 2.45) is 5.92 Å². The number of hydrogen-bond donors (Lipinski definition) is 0. The monoisotopic (exact) mass is 468 g/mol. The molecule has 3 atom stereocenters. The van der Waals surface area contributed by atoms with Crippen LogP contribution in [0.4, 0.5) is 0 Å². The van der Waals surface area contributed by atoms with Gasteiger partial charge < -0.3 is 18.5 Å². The second kappa shape index (κ2) is 9.42. The van der Waals surface area contributed by atoms with Crippen molar-refractivity contribution in [2.45, 2.75) is 114 Å². The largest absolute Gasteiger partial charge is 0.381 e. The van der Waals surface area contributed by atoms with Crippen LogP contribution in [0.25, 0.3) is 0 Å². The van der Waals surface area contributed by atoms with E-state index in [0.717, 1.165) is 63.4 Å². The van der Waals surface area contributed by atoms with Crippen LogP contribution in [0, 0.1) is 5.92 Å². The summed E-state index contributed by atoms with van der Waals surface area (Å²) in [6.45, 7) is 9.30. The van der Waals surface area contributed by atoms with E-state index in [0.29, 0.717) is 35.5 Å². The maximum absolute atomic E-state index is 6.36. The van der Waals surface area contributed by atoms with Gasteiger partial charge in [0.25, 0.3) is 0 Å². The molecule has 4 heterocycles. The van der Waals surface area contributed by atoms with Gasteiger partial charge in [0.05, 0.1) is 17.5 Å². The molecule has 2 aliphatic heterocycles.